The van der Waals surface area contributed by atoms with Crippen LogP contribution in [-0.4, -0.2) is 46.8 Å². The van der Waals surface area contributed by atoms with Crippen LogP contribution in [0, 0.1) is 0 Å². The molecule has 2 rings (SSSR count). The fourth-order valence-corrected chi connectivity index (χ4v) is 2.57. The van der Waals surface area contributed by atoms with Gasteiger partial charge in [-0.3, -0.25) is 0 Å². The average Bonchev–Trinajstić information content (AvgIpc) is 2.75. The average molecular weight is 294 g/mol. The van der Waals surface area contributed by atoms with Crippen molar-refractivity contribution in [1.29, 1.82) is 0 Å². The molecule has 0 amide bonds. The molecule has 0 bridgehead atoms. The lowest BCUT2D eigenvalue weighted by Gasteiger charge is -2.18. The zero-order chi connectivity index (χ0) is 14.6. The number of hydrogen-bond acceptors (Lipinski definition) is 4. The van der Waals surface area contributed by atoms with E-state index >= 15 is 0 Å². The van der Waals surface area contributed by atoms with E-state index in [0.29, 0.717) is 11.6 Å². The zero-order valence-electron chi connectivity index (χ0n) is 11.8. The van der Waals surface area contributed by atoms with Crippen LogP contribution in [0.2, 0.25) is 0 Å². The first kappa shape index (κ1) is 15.2. The van der Waals surface area contributed by atoms with E-state index in [9.17, 15) is 5.11 Å². The van der Waals surface area contributed by atoms with Crippen molar-refractivity contribution in [1.82, 2.24) is 4.90 Å². The lowest BCUT2D eigenvalue weighted by molar-refractivity contribution is 0.0681. The second-order valence-corrected chi connectivity index (χ2v) is 6.06. The predicted molar refractivity (Wildman–Crippen MR) is 84.1 cm³/mol. The predicted octanol–water partition coefficient (Wildman–Crippen LogP) is 1.55. The number of nitrogens with zero attached hydrogens (tertiary/aromatic N) is 1. The molecule has 1 heterocycles. The Balaban J connectivity index is 1.71. The minimum atomic E-state index is -0.522. The van der Waals surface area contributed by atoms with Crippen LogP contribution in [0.15, 0.2) is 24.3 Å². The zero-order valence-corrected chi connectivity index (χ0v) is 12.7. The van der Waals surface area contributed by atoms with Crippen LogP contribution in [-0.2, 0) is 0 Å². The van der Waals surface area contributed by atoms with E-state index in [1.807, 2.05) is 31.2 Å². The standard InChI is InChI=1S/C15H22N2O2S/c1-15(18)6-8-17(11-15)7-3-9-19-13-5-2-4-12(10-13)14(16)20/h2,4-5,10,18H,3,6-9,11H2,1H3,(H2,16,20). The molecule has 1 atom stereocenters. The Bertz CT molecular complexity index is 477. The van der Waals surface area contributed by atoms with E-state index in [1.54, 1.807) is 0 Å². The largest absolute Gasteiger partial charge is 0.494 e. The normalized spacial score (nSPS) is 22.9. The maximum absolute atomic E-state index is 9.88. The van der Waals surface area contributed by atoms with E-state index in [2.05, 4.69) is 4.90 Å². The number of nitrogens with two attached hydrogens (primary N) is 1. The van der Waals surface area contributed by atoms with Gasteiger partial charge in [-0.1, -0.05) is 24.4 Å². The molecule has 1 unspecified atom stereocenters. The Hall–Kier alpha value is -1.17. The van der Waals surface area contributed by atoms with Gasteiger partial charge in [0.2, 0.25) is 0 Å². The number of benzene rings is 1. The first-order valence-corrected chi connectivity index (χ1v) is 7.34. The molecular weight excluding hydrogens is 272 g/mol. The van der Waals surface area contributed by atoms with E-state index in [1.165, 1.54) is 0 Å². The summed E-state index contributed by atoms with van der Waals surface area (Å²) in [5.74, 6) is 0.795. The minimum Gasteiger partial charge on any atom is -0.494 e. The third-order valence-electron chi connectivity index (χ3n) is 3.54. The molecule has 1 saturated heterocycles. The summed E-state index contributed by atoms with van der Waals surface area (Å²) in [5, 5.41) is 9.88. The van der Waals surface area contributed by atoms with Crippen molar-refractivity contribution < 1.29 is 9.84 Å². The summed E-state index contributed by atoms with van der Waals surface area (Å²) in [6, 6.07) is 7.54. The van der Waals surface area contributed by atoms with Crippen molar-refractivity contribution in [3.8, 4) is 5.75 Å². The number of rotatable bonds is 6. The lowest BCUT2D eigenvalue weighted by Crippen LogP contribution is -2.30. The van der Waals surface area contributed by atoms with E-state index < -0.39 is 5.60 Å². The highest BCUT2D eigenvalue weighted by Crippen LogP contribution is 2.20. The van der Waals surface area contributed by atoms with Gasteiger partial charge in [-0.2, -0.15) is 0 Å². The number of hydrogen-bond donors (Lipinski definition) is 2. The molecule has 0 aromatic heterocycles. The van der Waals surface area contributed by atoms with E-state index in [4.69, 9.17) is 22.7 Å². The van der Waals surface area contributed by atoms with Gasteiger partial charge in [-0.25, -0.2) is 0 Å². The molecule has 110 valence electrons. The maximum atomic E-state index is 9.88. The second kappa shape index (κ2) is 6.52. The summed E-state index contributed by atoms with van der Waals surface area (Å²) in [4.78, 5) is 2.66. The topological polar surface area (TPSA) is 58.7 Å². The van der Waals surface area contributed by atoms with Crippen LogP contribution >= 0.6 is 12.2 Å². The van der Waals surface area contributed by atoms with Gasteiger partial charge in [0.05, 0.1) is 12.2 Å². The molecule has 0 spiro atoms. The maximum Gasteiger partial charge on any atom is 0.119 e. The minimum absolute atomic E-state index is 0.384. The van der Waals surface area contributed by atoms with Crippen molar-refractivity contribution in [2.75, 3.05) is 26.2 Å². The van der Waals surface area contributed by atoms with Gasteiger partial charge in [0.1, 0.15) is 10.7 Å². The first-order valence-electron chi connectivity index (χ1n) is 6.94. The molecule has 20 heavy (non-hydrogen) atoms. The molecule has 1 aromatic rings. The molecule has 5 heteroatoms. The van der Waals surface area contributed by atoms with Gasteiger partial charge in [-0.05, 0) is 31.9 Å². The number of thiocarbonyl (C=S) groups is 1. The van der Waals surface area contributed by atoms with Crippen LogP contribution in [0.5, 0.6) is 5.75 Å². The highest BCUT2D eigenvalue weighted by atomic mass is 32.1. The smallest absolute Gasteiger partial charge is 0.119 e. The number of ether oxygens (including phenoxy) is 1. The van der Waals surface area contributed by atoms with Crippen LogP contribution < -0.4 is 10.5 Å². The Morgan fingerprint density at radius 3 is 3.00 bits per heavy atom. The van der Waals surface area contributed by atoms with Gasteiger partial charge < -0.3 is 20.5 Å². The van der Waals surface area contributed by atoms with Crippen molar-refractivity contribution in [3.63, 3.8) is 0 Å². The molecule has 1 aromatic carbocycles. The van der Waals surface area contributed by atoms with Crippen molar-refractivity contribution in [3.05, 3.63) is 29.8 Å². The monoisotopic (exact) mass is 294 g/mol. The molecule has 0 aliphatic carbocycles. The summed E-state index contributed by atoms with van der Waals surface area (Å²) in [6.07, 6.45) is 1.79. The van der Waals surface area contributed by atoms with Gasteiger partial charge in [0.25, 0.3) is 0 Å². The molecule has 3 N–H and O–H groups in total. The summed E-state index contributed by atoms with van der Waals surface area (Å²) < 4.78 is 5.70. The molecular formula is C15H22N2O2S. The molecule has 1 fully saturated rings. The number of likely N-dealkylation sites (tertiary alicyclic amines) is 1. The SMILES string of the molecule is CC1(O)CCN(CCCOc2cccc(C(N)=S)c2)C1. The third kappa shape index (κ3) is 4.44. The van der Waals surface area contributed by atoms with E-state index in [0.717, 1.165) is 43.8 Å². The van der Waals surface area contributed by atoms with Crippen molar-refractivity contribution >= 4 is 17.2 Å². The second-order valence-electron chi connectivity index (χ2n) is 5.62. The molecule has 1 aliphatic rings. The van der Waals surface area contributed by atoms with Gasteiger partial charge in [0, 0.05) is 25.2 Å². The van der Waals surface area contributed by atoms with Crippen LogP contribution in [0.25, 0.3) is 0 Å². The van der Waals surface area contributed by atoms with Gasteiger partial charge >= 0.3 is 0 Å². The highest BCUT2D eigenvalue weighted by molar-refractivity contribution is 7.80. The van der Waals surface area contributed by atoms with Crippen LogP contribution in [0.1, 0.15) is 25.3 Å². The third-order valence-corrected chi connectivity index (χ3v) is 3.77. The summed E-state index contributed by atoms with van der Waals surface area (Å²) >= 11 is 4.94. The molecule has 0 saturated carbocycles. The summed E-state index contributed by atoms with van der Waals surface area (Å²) in [5.41, 5.74) is 5.90. The highest BCUT2D eigenvalue weighted by Gasteiger charge is 2.30. The Kier molecular flexibility index (Phi) is 4.96. The first-order chi connectivity index (χ1) is 9.46. The van der Waals surface area contributed by atoms with E-state index in [-0.39, 0.29) is 0 Å². The van der Waals surface area contributed by atoms with Crippen LogP contribution in [0.3, 0.4) is 0 Å². The summed E-state index contributed by atoms with van der Waals surface area (Å²) in [6.45, 7) is 5.21. The van der Waals surface area contributed by atoms with Crippen LogP contribution in [0.4, 0.5) is 0 Å². The van der Waals surface area contributed by atoms with Crippen molar-refractivity contribution in [2.45, 2.75) is 25.4 Å². The lowest BCUT2D eigenvalue weighted by atomic mass is 10.1. The van der Waals surface area contributed by atoms with Gasteiger partial charge in [0.15, 0.2) is 0 Å². The van der Waals surface area contributed by atoms with Gasteiger partial charge in [-0.15, -0.1) is 0 Å². The molecule has 1 aliphatic heterocycles. The van der Waals surface area contributed by atoms with Crippen molar-refractivity contribution in [2.24, 2.45) is 5.73 Å². The Labute approximate surface area is 125 Å². The molecule has 4 nitrogen and oxygen atoms in total. The Morgan fingerprint density at radius 2 is 2.35 bits per heavy atom. The Morgan fingerprint density at radius 1 is 1.55 bits per heavy atom. The number of aliphatic hydroxyl groups is 1. The number of β-amino-alcohol motifs (C(OH)–C–C–N with tert-alkyl or cyclic N) is 1. The summed E-state index contributed by atoms with van der Waals surface area (Å²) in [7, 11) is 0. The molecule has 0 radical (unpaired) electrons. The fourth-order valence-electron chi connectivity index (χ4n) is 2.45. The quantitative estimate of drug-likeness (QED) is 0.616. The fraction of sp³-hybridized carbons (Fsp3) is 0.533.